The Bertz CT molecular complexity index is 795. The number of amides is 1. The summed E-state index contributed by atoms with van der Waals surface area (Å²) >= 11 is 0. The Morgan fingerprint density at radius 3 is 2.21 bits per heavy atom. The summed E-state index contributed by atoms with van der Waals surface area (Å²) in [5.74, 6) is 0.601. The van der Waals surface area contributed by atoms with E-state index in [9.17, 15) is 14.9 Å². The van der Waals surface area contributed by atoms with E-state index in [1.54, 1.807) is 0 Å². The van der Waals surface area contributed by atoms with Crippen molar-refractivity contribution in [3.8, 4) is 11.5 Å². The fraction of sp³-hybridized carbons (Fsp3) is 0.350. The molecule has 0 heterocycles. The van der Waals surface area contributed by atoms with E-state index in [1.807, 2.05) is 44.2 Å². The summed E-state index contributed by atoms with van der Waals surface area (Å²) in [5.41, 5.74) is 0.493. The zero-order valence-corrected chi connectivity index (χ0v) is 16.0. The predicted molar refractivity (Wildman–Crippen MR) is 105 cm³/mol. The second-order valence-corrected chi connectivity index (χ2v) is 5.96. The van der Waals surface area contributed by atoms with Crippen molar-refractivity contribution in [3.63, 3.8) is 0 Å². The van der Waals surface area contributed by atoms with E-state index in [-0.39, 0.29) is 23.7 Å². The first-order chi connectivity index (χ1) is 13.5. The molecule has 0 aliphatic rings. The summed E-state index contributed by atoms with van der Waals surface area (Å²) in [6.45, 7) is 4.73. The number of hydrogen-bond donors (Lipinski definition) is 1. The maximum Gasteiger partial charge on any atom is 0.412 e. The van der Waals surface area contributed by atoms with Gasteiger partial charge in [-0.3, -0.25) is 15.4 Å². The lowest BCUT2D eigenvalue weighted by Gasteiger charge is -2.14. The van der Waals surface area contributed by atoms with Crippen molar-refractivity contribution >= 4 is 17.5 Å². The molecule has 1 N–H and O–H groups in total. The molecule has 1 amide bonds. The molecule has 2 aromatic carbocycles. The summed E-state index contributed by atoms with van der Waals surface area (Å²) in [5, 5.41) is 13.9. The third-order valence-corrected chi connectivity index (χ3v) is 3.63. The van der Waals surface area contributed by atoms with E-state index < -0.39 is 11.0 Å². The van der Waals surface area contributed by atoms with Crippen LogP contribution < -0.4 is 14.8 Å². The number of nitrogens with zero attached hydrogens (tertiary/aromatic N) is 1. The molecule has 8 heteroatoms. The Labute approximate surface area is 163 Å². The number of carbonyl (C=O) groups is 1. The normalized spacial score (nSPS) is 10.2. The van der Waals surface area contributed by atoms with Crippen LogP contribution in [0.5, 0.6) is 11.5 Å². The number of anilines is 1. The van der Waals surface area contributed by atoms with Gasteiger partial charge in [0, 0.05) is 6.07 Å². The highest BCUT2D eigenvalue weighted by Crippen LogP contribution is 2.38. The molecular weight excluding hydrogens is 364 g/mol. The predicted octanol–water partition coefficient (Wildman–Crippen LogP) is 4.92. The molecule has 0 atom stereocenters. The molecule has 2 aromatic rings. The average molecular weight is 388 g/mol. The summed E-state index contributed by atoms with van der Waals surface area (Å²) < 4.78 is 16.3. The monoisotopic (exact) mass is 388 g/mol. The molecular formula is C20H24N2O6. The van der Waals surface area contributed by atoms with Gasteiger partial charge in [0.15, 0.2) is 11.5 Å². The molecule has 0 aromatic heterocycles. The summed E-state index contributed by atoms with van der Waals surface area (Å²) in [4.78, 5) is 23.0. The maximum absolute atomic E-state index is 12.1. The lowest BCUT2D eigenvalue weighted by atomic mass is 10.2. The van der Waals surface area contributed by atoms with Gasteiger partial charge in [-0.2, -0.15) is 0 Å². The standard InChI is InChI=1S/C20H24N2O6/c1-3-10-26-18-12-16(17(22(24)25)13-19(18)27-11-4-2)21-20(23)28-14-15-8-6-5-7-9-15/h5-9,12-13H,3-4,10-11,14H2,1-2H3,(H,21,23). The van der Waals surface area contributed by atoms with Gasteiger partial charge in [-0.05, 0) is 18.4 Å². The van der Waals surface area contributed by atoms with Crippen molar-refractivity contribution in [2.24, 2.45) is 0 Å². The molecule has 0 radical (unpaired) electrons. The van der Waals surface area contributed by atoms with Crippen LogP contribution in [-0.2, 0) is 11.3 Å². The number of nitrogens with one attached hydrogen (secondary N) is 1. The fourth-order valence-electron chi connectivity index (χ4n) is 2.32. The molecule has 0 aliphatic carbocycles. The number of nitro benzene ring substituents is 1. The second kappa shape index (κ2) is 10.8. The van der Waals surface area contributed by atoms with E-state index >= 15 is 0 Å². The molecule has 2 rings (SSSR count). The fourth-order valence-corrected chi connectivity index (χ4v) is 2.32. The number of ether oxygens (including phenoxy) is 3. The minimum Gasteiger partial charge on any atom is -0.490 e. The Morgan fingerprint density at radius 1 is 1.04 bits per heavy atom. The molecule has 28 heavy (non-hydrogen) atoms. The molecule has 0 spiro atoms. The first kappa shape index (κ1) is 21.0. The van der Waals surface area contributed by atoms with E-state index in [0.29, 0.717) is 19.0 Å². The highest BCUT2D eigenvalue weighted by molar-refractivity contribution is 5.89. The molecule has 0 fully saturated rings. The first-order valence-electron chi connectivity index (χ1n) is 9.10. The second-order valence-electron chi connectivity index (χ2n) is 5.96. The van der Waals surface area contributed by atoms with Gasteiger partial charge in [0.25, 0.3) is 5.69 Å². The summed E-state index contributed by atoms with van der Waals surface area (Å²) in [6, 6.07) is 11.8. The minimum absolute atomic E-state index is 0.0157. The van der Waals surface area contributed by atoms with E-state index in [0.717, 1.165) is 18.4 Å². The smallest absolute Gasteiger partial charge is 0.412 e. The van der Waals surface area contributed by atoms with Crippen LogP contribution in [0.3, 0.4) is 0 Å². The van der Waals surface area contributed by atoms with Crippen LogP contribution in [0.15, 0.2) is 42.5 Å². The van der Waals surface area contributed by atoms with Crippen molar-refractivity contribution in [2.45, 2.75) is 33.3 Å². The first-order valence-corrected chi connectivity index (χ1v) is 9.10. The molecule has 0 aliphatic heterocycles. The zero-order chi connectivity index (χ0) is 20.4. The van der Waals surface area contributed by atoms with Crippen LogP contribution in [-0.4, -0.2) is 24.2 Å². The molecule has 0 saturated carbocycles. The lowest BCUT2D eigenvalue weighted by Crippen LogP contribution is -2.15. The van der Waals surface area contributed by atoms with Crippen LogP contribution in [0.1, 0.15) is 32.3 Å². The number of hydrogen-bond acceptors (Lipinski definition) is 6. The summed E-state index contributed by atoms with van der Waals surface area (Å²) in [6.07, 6.45) is 0.703. The van der Waals surface area contributed by atoms with Gasteiger partial charge in [-0.25, -0.2) is 4.79 Å². The van der Waals surface area contributed by atoms with Crippen molar-refractivity contribution in [1.82, 2.24) is 0 Å². The van der Waals surface area contributed by atoms with Crippen molar-refractivity contribution < 1.29 is 23.9 Å². The molecule has 0 bridgehead atoms. The SMILES string of the molecule is CCCOc1cc(NC(=O)OCc2ccccc2)c([N+](=O)[O-])cc1OCCC. The van der Waals surface area contributed by atoms with Crippen LogP contribution >= 0.6 is 0 Å². The van der Waals surface area contributed by atoms with Crippen LogP contribution in [0.4, 0.5) is 16.2 Å². The van der Waals surface area contributed by atoms with Crippen molar-refractivity contribution in [2.75, 3.05) is 18.5 Å². The minimum atomic E-state index is -0.796. The number of benzene rings is 2. The third kappa shape index (κ3) is 6.15. The summed E-state index contributed by atoms with van der Waals surface area (Å²) in [7, 11) is 0. The maximum atomic E-state index is 12.1. The van der Waals surface area contributed by atoms with Crippen LogP contribution in [0.25, 0.3) is 0 Å². The number of rotatable bonds is 10. The van der Waals surface area contributed by atoms with Gasteiger partial charge in [0.05, 0.1) is 24.2 Å². The van der Waals surface area contributed by atoms with E-state index in [2.05, 4.69) is 5.32 Å². The molecule has 0 unspecified atom stereocenters. The average Bonchev–Trinajstić information content (AvgIpc) is 2.70. The van der Waals surface area contributed by atoms with Gasteiger partial charge in [-0.1, -0.05) is 44.2 Å². The van der Waals surface area contributed by atoms with Gasteiger partial charge >= 0.3 is 6.09 Å². The molecule has 150 valence electrons. The topological polar surface area (TPSA) is 99.9 Å². The molecule has 0 saturated heterocycles. The van der Waals surface area contributed by atoms with Gasteiger partial charge in [0.2, 0.25) is 0 Å². The van der Waals surface area contributed by atoms with Crippen molar-refractivity contribution in [1.29, 1.82) is 0 Å². The van der Waals surface area contributed by atoms with Gasteiger partial charge in [-0.15, -0.1) is 0 Å². The molecule has 8 nitrogen and oxygen atoms in total. The van der Waals surface area contributed by atoms with E-state index in [4.69, 9.17) is 14.2 Å². The van der Waals surface area contributed by atoms with Crippen molar-refractivity contribution in [3.05, 3.63) is 58.1 Å². The Balaban J connectivity index is 2.19. The highest BCUT2D eigenvalue weighted by atomic mass is 16.6. The third-order valence-electron chi connectivity index (χ3n) is 3.63. The highest BCUT2D eigenvalue weighted by Gasteiger charge is 2.22. The van der Waals surface area contributed by atoms with Crippen LogP contribution in [0, 0.1) is 10.1 Å². The zero-order valence-electron chi connectivity index (χ0n) is 16.0. The van der Waals surface area contributed by atoms with E-state index in [1.165, 1.54) is 12.1 Å². The Kier molecular flexibility index (Phi) is 8.08. The quantitative estimate of drug-likeness (QED) is 0.458. The Morgan fingerprint density at radius 2 is 1.64 bits per heavy atom. The van der Waals surface area contributed by atoms with Gasteiger partial charge < -0.3 is 14.2 Å². The van der Waals surface area contributed by atoms with Gasteiger partial charge in [0.1, 0.15) is 12.3 Å². The van der Waals surface area contributed by atoms with Crippen LogP contribution in [0.2, 0.25) is 0 Å². The Hall–Kier alpha value is -3.29. The lowest BCUT2D eigenvalue weighted by molar-refractivity contribution is -0.384. The number of carbonyl (C=O) groups excluding carboxylic acids is 1. The largest absolute Gasteiger partial charge is 0.490 e. The number of nitro groups is 1.